The van der Waals surface area contributed by atoms with Gasteiger partial charge in [0.1, 0.15) is 5.82 Å². The molecule has 1 fully saturated rings. The highest BCUT2D eigenvalue weighted by Crippen LogP contribution is 2.35. The second-order valence-electron chi connectivity index (χ2n) is 7.29. The Bertz CT molecular complexity index is 1310. The largest absolute Gasteiger partial charge is 0.354 e. The number of pyridine rings is 1. The second-order valence-corrected chi connectivity index (χ2v) is 10.3. The lowest BCUT2D eigenvalue weighted by Crippen LogP contribution is -2.49. The molecule has 0 spiro atoms. The fourth-order valence-electron chi connectivity index (χ4n) is 3.96. The first-order valence-corrected chi connectivity index (χ1v) is 11.9. The predicted molar refractivity (Wildman–Crippen MR) is 119 cm³/mol. The SMILES string of the molecule is Cc1cccnc1N1CCN(S(=O)(=O)c2ccc3sc4ccccc4c3c2)CC1. The molecule has 3 heterocycles. The second kappa shape index (κ2) is 7.09. The topological polar surface area (TPSA) is 53.5 Å². The number of piperazine rings is 1. The molecule has 1 aliphatic rings. The van der Waals surface area contributed by atoms with Crippen LogP contribution < -0.4 is 4.90 Å². The van der Waals surface area contributed by atoms with E-state index in [-0.39, 0.29) is 0 Å². The van der Waals surface area contributed by atoms with Crippen molar-refractivity contribution in [1.29, 1.82) is 0 Å². The lowest BCUT2D eigenvalue weighted by atomic mass is 10.1. The molecular weight excluding hydrogens is 402 g/mol. The molecule has 5 nitrogen and oxygen atoms in total. The van der Waals surface area contributed by atoms with Gasteiger partial charge in [0.15, 0.2) is 0 Å². The number of rotatable bonds is 3. The third kappa shape index (κ3) is 3.19. The van der Waals surface area contributed by atoms with Gasteiger partial charge in [0.2, 0.25) is 10.0 Å². The first kappa shape index (κ1) is 18.5. The number of hydrogen-bond donors (Lipinski definition) is 0. The van der Waals surface area contributed by atoms with Crippen LogP contribution in [0.4, 0.5) is 5.82 Å². The maximum atomic E-state index is 13.3. The fraction of sp³-hybridized carbons (Fsp3) is 0.227. The van der Waals surface area contributed by atoms with Crippen molar-refractivity contribution in [2.45, 2.75) is 11.8 Å². The Morgan fingerprint density at radius 1 is 0.897 bits per heavy atom. The zero-order valence-corrected chi connectivity index (χ0v) is 17.7. The van der Waals surface area contributed by atoms with Crippen LogP contribution in [-0.2, 0) is 10.0 Å². The van der Waals surface area contributed by atoms with Gasteiger partial charge in [-0.05, 0) is 42.8 Å². The van der Waals surface area contributed by atoms with Crippen LogP contribution in [0.1, 0.15) is 5.56 Å². The molecule has 0 atom stereocenters. The first-order valence-electron chi connectivity index (χ1n) is 9.62. The van der Waals surface area contributed by atoms with Crippen LogP contribution in [0.5, 0.6) is 0 Å². The molecular formula is C22H21N3O2S2. The molecule has 2 aromatic heterocycles. The lowest BCUT2D eigenvalue weighted by molar-refractivity contribution is 0.383. The predicted octanol–water partition coefficient (Wildman–Crippen LogP) is 4.27. The summed E-state index contributed by atoms with van der Waals surface area (Å²) in [7, 11) is -3.52. The van der Waals surface area contributed by atoms with E-state index in [1.807, 2.05) is 43.3 Å². The summed E-state index contributed by atoms with van der Waals surface area (Å²) < 4.78 is 30.5. The van der Waals surface area contributed by atoms with Crippen molar-refractivity contribution in [2.75, 3.05) is 31.1 Å². The van der Waals surface area contributed by atoms with E-state index >= 15 is 0 Å². The molecule has 0 aliphatic carbocycles. The van der Waals surface area contributed by atoms with E-state index in [9.17, 15) is 8.42 Å². The minimum Gasteiger partial charge on any atom is -0.354 e. The Hall–Kier alpha value is -2.48. The summed E-state index contributed by atoms with van der Waals surface area (Å²) in [5.41, 5.74) is 1.11. The van der Waals surface area contributed by atoms with Crippen LogP contribution in [-0.4, -0.2) is 43.9 Å². The molecule has 0 N–H and O–H groups in total. The lowest BCUT2D eigenvalue weighted by Gasteiger charge is -2.35. The monoisotopic (exact) mass is 423 g/mol. The third-order valence-corrected chi connectivity index (χ3v) is 8.55. The molecule has 5 rings (SSSR count). The minimum absolute atomic E-state index is 0.371. The Morgan fingerprint density at radius 3 is 2.45 bits per heavy atom. The summed E-state index contributed by atoms with van der Waals surface area (Å²) in [4.78, 5) is 7.00. The van der Waals surface area contributed by atoms with Crippen molar-refractivity contribution < 1.29 is 8.42 Å². The summed E-state index contributed by atoms with van der Waals surface area (Å²) in [6.07, 6.45) is 1.78. The fourth-order valence-corrected chi connectivity index (χ4v) is 6.50. The van der Waals surface area contributed by atoms with Gasteiger partial charge in [0.25, 0.3) is 0 Å². The Balaban J connectivity index is 1.43. The first-order chi connectivity index (χ1) is 14.0. The number of aryl methyl sites for hydroxylation is 1. The minimum atomic E-state index is -3.52. The summed E-state index contributed by atoms with van der Waals surface area (Å²) >= 11 is 1.69. The zero-order valence-electron chi connectivity index (χ0n) is 16.1. The molecule has 0 bridgehead atoms. The molecule has 29 heavy (non-hydrogen) atoms. The molecule has 0 radical (unpaired) electrons. The van der Waals surface area contributed by atoms with Crippen molar-refractivity contribution in [3.8, 4) is 0 Å². The molecule has 1 saturated heterocycles. The molecule has 4 aromatic rings. The van der Waals surface area contributed by atoms with Gasteiger partial charge in [-0.1, -0.05) is 24.3 Å². The number of hydrogen-bond acceptors (Lipinski definition) is 5. The summed E-state index contributed by atoms with van der Waals surface area (Å²) in [6.45, 7) is 4.23. The number of thiophene rings is 1. The Labute approximate surface area is 174 Å². The van der Waals surface area contributed by atoms with E-state index < -0.39 is 10.0 Å². The molecule has 7 heteroatoms. The molecule has 1 aliphatic heterocycles. The van der Waals surface area contributed by atoms with Crippen LogP contribution in [0.25, 0.3) is 20.2 Å². The molecule has 0 saturated carbocycles. The van der Waals surface area contributed by atoms with Crippen LogP contribution in [0, 0.1) is 6.92 Å². The molecule has 148 valence electrons. The standard InChI is InChI=1S/C22H21N3O2S2/c1-16-5-4-10-23-22(16)24-11-13-25(14-12-24)29(26,27)17-8-9-21-19(15-17)18-6-2-3-7-20(18)28-21/h2-10,15H,11-14H2,1H3. The quantitative estimate of drug-likeness (QED) is 0.494. The van der Waals surface area contributed by atoms with E-state index in [1.165, 1.54) is 4.70 Å². The van der Waals surface area contributed by atoms with Gasteiger partial charge < -0.3 is 4.90 Å². The molecule has 0 amide bonds. The van der Waals surface area contributed by atoms with Crippen LogP contribution in [0.15, 0.2) is 65.7 Å². The van der Waals surface area contributed by atoms with Crippen molar-refractivity contribution >= 4 is 47.4 Å². The summed E-state index contributed by atoms with van der Waals surface area (Å²) in [5.74, 6) is 0.940. The number of fused-ring (bicyclic) bond motifs is 3. The van der Waals surface area contributed by atoms with E-state index in [2.05, 4.69) is 22.0 Å². The van der Waals surface area contributed by atoms with Gasteiger partial charge in [-0.15, -0.1) is 11.3 Å². The van der Waals surface area contributed by atoms with Crippen molar-refractivity contribution in [1.82, 2.24) is 9.29 Å². The van der Waals surface area contributed by atoms with Crippen molar-refractivity contribution in [3.63, 3.8) is 0 Å². The zero-order chi connectivity index (χ0) is 20.0. The van der Waals surface area contributed by atoms with Gasteiger partial charge >= 0.3 is 0 Å². The number of anilines is 1. The van der Waals surface area contributed by atoms with Gasteiger partial charge in [-0.25, -0.2) is 13.4 Å². The molecule has 2 aromatic carbocycles. The Morgan fingerprint density at radius 2 is 1.66 bits per heavy atom. The summed E-state index contributed by atoms with van der Waals surface area (Å²) in [6, 6.07) is 17.6. The third-order valence-electron chi connectivity index (χ3n) is 5.51. The number of sulfonamides is 1. The van der Waals surface area contributed by atoms with Crippen molar-refractivity contribution in [3.05, 3.63) is 66.4 Å². The maximum Gasteiger partial charge on any atom is 0.243 e. The van der Waals surface area contributed by atoms with Crippen LogP contribution >= 0.6 is 11.3 Å². The average molecular weight is 424 g/mol. The highest BCUT2D eigenvalue weighted by Gasteiger charge is 2.29. The van der Waals surface area contributed by atoms with E-state index in [0.29, 0.717) is 31.1 Å². The summed E-state index contributed by atoms with van der Waals surface area (Å²) in [5, 5.41) is 2.12. The van der Waals surface area contributed by atoms with Crippen molar-refractivity contribution in [2.24, 2.45) is 0 Å². The maximum absolute atomic E-state index is 13.3. The van der Waals surface area contributed by atoms with Crippen LogP contribution in [0.2, 0.25) is 0 Å². The average Bonchev–Trinajstić information content (AvgIpc) is 3.12. The van der Waals surface area contributed by atoms with Gasteiger partial charge in [-0.2, -0.15) is 4.31 Å². The highest BCUT2D eigenvalue weighted by atomic mass is 32.2. The molecule has 0 unspecified atom stereocenters. The van der Waals surface area contributed by atoms with Gasteiger partial charge in [0.05, 0.1) is 4.90 Å². The van der Waals surface area contributed by atoms with E-state index in [1.54, 1.807) is 27.9 Å². The van der Waals surface area contributed by atoms with Crippen LogP contribution in [0.3, 0.4) is 0 Å². The smallest absolute Gasteiger partial charge is 0.243 e. The van der Waals surface area contributed by atoms with Gasteiger partial charge in [-0.3, -0.25) is 0 Å². The number of benzene rings is 2. The number of aromatic nitrogens is 1. The van der Waals surface area contributed by atoms with E-state index in [0.717, 1.165) is 26.9 Å². The van der Waals surface area contributed by atoms with E-state index in [4.69, 9.17) is 0 Å². The van der Waals surface area contributed by atoms with Gasteiger partial charge in [0, 0.05) is 52.5 Å². The number of nitrogens with zero attached hydrogens (tertiary/aromatic N) is 3. The Kier molecular flexibility index (Phi) is 4.53. The highest BCUT2D eigenvalue weighted by molar-refractivity contribution is 7.89. The normalized spacial score (nSPS) is 16.0.